The molecule has 7 heteroatoms. The van der Waals surface area contributed by atoms with Gasteiger partial charge in [0.15, 0.2) is 0 Å². The number of carbonyl (C=O) groups is 2. The Labute approximate surface area is 235 Å². The summed E-state index contributed by atoms with van der Waals surface area (Å²) in [6.07, 6.45) is 9.57. The van der Waals surface area contributed by atoms with Gasteiger partial charge in [0, 0.05) is 52.9 Å². The summed E-state index contributed by atoms with van der Waals surface area (Å²) >= 11 is 0. The fourth-order valence-corrected chi connectivity index (χ4v) is 6.09. The summed E-state index contributed by atoms with van der Waals surface area (Å²) < 4.78 is 5.45. The topological polar surface area (TPSA) is 96.1 Å². The summed E-state index contributed by atoms with van der Waals surface area (Å²) in [4.78, 5) is 35.5. The predicted octanol–water partition coefficient (Wildman–Crippen LogP) is 5.25. The largest absolute Gasteiger partial charge is 0.496 e. The summed E-state index contributed by atoms with van der Waals surface area (Å²) in [5.41, 5.74) is 2.38. The zero-order chi connectivity index (χ0) is 28.0. The third-order valence-electron chi connectivity index (χ3n) is 8.29. The van der Waals surface area contributed by atoms with E-state index in [0.29, 0.717) is 18.7 Å². The fraction of sp³-hybridized carbons (Fsp3) is 0.364. The fourth-order valence-electron chi connectivity index (χ4n) is 6.09. The van der Waals surface area contributed by atoms with Crippen molar-refractivity contribution in [1.29, 1.82) is 0 Å². The molecule has 1 saturated carbocycles. The van der Waals surface area contributed by atoms with E-state index in [1.54, 1.807) is 7.11 Å². The molecular formula is C33H38N4O3. The minimum absolute atomic E-state index is 0.110. The van der Waals surface area contributed by atoms with Crippen LogP contribution in [0, 0.1) is 0 Å². The molecule has 208 valence electrons. The number of carbonyl (C=O) groups excluding carboxylic acids is 2. The minimum Gasteiger partial charge on any atom is -0.496 e. The lowest BCUT2D eigenvalue weighted by molar-refractivity contribution is -0.133. The van der Waals surface area contributed by atoms with Gasteiger partial charge in [0.25, 0.3) is 0 Å². The van der Waals surface area contributed by atoms with Crippen LogP contribution < -0.4 is 15.4 Å². The van der Waals surface area contributed by atoms with Crippen molar-refractivity contribution in [3.05, 3.63) is 95.9 Å². The van der Waals surface area contributed by atoms with Gasteiger partial charge in [0.2, 0.25) is 11.8 Å². The molecule has 3 N–H and O–H groups in total. The Morgan fingerprint density at radius 3 is 2.50 bits per heavy atom. The lowest BCUT2D eigenvalue weighted by Gasteiger charge is -2.38. The van der Waals surface area contributed by atoms with Crippen LogP contribution in [0.15, 0.2) is 79.1 Å². The highest BCUT2D eigenvalue weighted by Gasteiger charge is 2.40. The number of benzene rings is 2. The summed E-state index contributed by atoms with van der Waals surface area (Å²) in [5.74, 6) is 0.209. The molecule has 2 heterocycles. The van der Waals surface area contributed by atoms with Gasteiger partial charge in [-0.05, 0) is 49.6 Å². The molecule has 2 aromatic heterocycles. The van der Waals surface area contributed by atoms with Crippen LogP contribution >= 0.6 is 0 Å². The van der Waals surface area contributed by atoms with Crippen molar-refractivity contribution in [3.8, 4) is 5.75 Å². The molecule has 0 aliphatic heterocycles. The summed E-state index contributed by atoms with van der Waals surface area (Å²) in [6, 6.07) is 21.5. The maximum Gasteiger partial charge on any atom is 0.245 e. The van der Waals surface area contributed by atoms with E-state index in [2.05, 4.69) is 26.7 Å². The van der Waals surface area contributed by atoms with Crippen molar-refractivity contribution in [2.45, 2.75) is 62.8 Å². The first-order chi connectivity index (χ1) is 19.4. The van der Waals surface area contributed by atoms with Crippen LogP contribution in [0.25, 0.3) is 10.9 Å². The molecule has 0 saturated heterocycles. The van der Waals surface area contributed by atoms with E-state index in [4.69, 9.17) is 4.74 Å². The Morgan fingerprint density at radius 1 is 0.975 bits per heavy atom. The lowest BCUT2D eigenvalue weighted by Crippen LogP contribution is -2.60. The maximum atomic E-state index is 14.1. The van der Waals surface area contributed by atoms with Crippen LogP contribution in [0.3, 0.4) is 0 Å². The van der Waals surface area contributed by atoms with Crippen molar-refractivity contribution in [1.82, 2.24) is 20.6 Å². The SMILES string of the molecule is COc1ccccc1CC(=O)NC(C)(Cc1c[nH]c2ccccc12)C(=O)NCC1(c2ccccn2)CCCCC1. The van der Waals surface area contributed by atoms with E-state index in [0.717, 1.165) is 53.4 Å². The molecule has 4 aromatic rings. The second-order valence-corrected chi connectivity index (χ2v) is 11.1. The molecule has 1 atom stereocenters. The van der Waals surface area contributed by atoms with Crippen molar-refractivity contribution < 1.29 is 14.3 Å². The Morgan fingerprint density at radius 2 is 1.73 bits per heavy atom. The molecular weight excluding hydrogens is 500 g/mol. The first-order valence-corrected chi connectivity index (χ1v) is 14.1. The normalized spacial score (nSPS) is 16.1. The predicted molar refractivity (Wildman–Crippen MR) is 157 cm³/mol. The third-order valence-corrected chi connectivity index (χ3v) is 8.29. The number of nitrogens with one attached hydrogen (secondary N) is 3. The number of aromatic amines is 1. The van der Waals surface area contributed by atoms with Gasteiger partial charge in [-0.1, -0.05) is 61.7 Å². The molecule has 1 aliphatic carbocycles. The average molecular weight is 539 g/mol. The van der Waals surface area contributed by atoms with Crippen molar-refractivity contribution in [2.24, 2.45) is 0 Å². The highest BCUT2D eigenvalue weighted by molar-refractivity contribution is 5.93. The number of methoxy groups -OCH3 is 1. The molecule has 1 aliphatic rings. The molecule has 5 rings (SSSR count). The number of nitrogens with zero attached hydrogens (tertiary/aromatic N) is 1. The van der Waals surface area contributed by atoms with E-state index in [1.807, 2.05) is 80.0 Å². The van der Waals surface area contributed by atoms with Crippen LogP contribution in [-0.4, -0.2) is 41.0 Å². The third kappa shape index (κ3) is 5.88. The van der Waals surface area contributed by atoms with E-state index in [-0.39, 0.29) is 23.7 Å². The lowest BCUT2D eigenvalue weighted by atomic mass is 9.71. The van der Waals surface area contributed by atoms with Crippen LogP contribution in [0.5, 0.6) is 5.75 Å². The second kappa shape index (κ2) is 11.9. The molecule has 2 aromatic carbocycles. The standard InChI is InChI=1S/C33H38N4O3/c1-32(21-25-22-35-27-14-6-5-13-26(25)27,37-30(38)20-24-12-4-7-15-28(24)40-2)31(39)36-23-33(17-9-3-10-18-33)29-16-8-11-19-34-29/h4-8,11-16,19,22,35H,3,9-10,17-18,20-21,23H2,1-2H3,(H,36,39)(H,37,38). The van der Waals surface area contributed by atoms with Crippen molar-refractivity contribution in [3.63, 3.8) is 0 Å². The van der Waals surface area contributed by atoms with Gasteiger partial charge in [-0.3, -0.25) is 14.6 Å². The van der Waals surface area contributed by atoms with Crippen molar-refractivity contribution >= 4 is 22.7 Å². The molecule has 40 heavy (non-hydrogen) atoms. The molecule has 0 radical (unpaired) electrons. The van der Waals surface area contributed by atoms with Crippen molar-refractivity contribution in [2.75, 3.05) is 13.7 Å². The number of hydrogen-bond acceptors (Lipinski definition) is 4. The molecule has 1 fully saturated rings. The zero-order valence-corrected chi connectivity index (χ0v) is 23.3. The number of rotatable bonds is 10. The average Bonchev–Trinajstić information content (AvgIpc) is 3.39. The van der Waals surface area contributed by atoms with Crippen LogP contribution in [-0.2, 0) is 27.8 Å². The highest BCUT2D eigenvalue weighted by Crippen LogP contribution is 2.38. The quantitative estimate of drug-likeness (QED) is 0.257. The van der Waals surface area contributed by atoms with E-state index >= 15 is 0 Å². The first-order valence-electron chi connectivity index (χ1n) is 14.1. The summed E-state index contributed by atoms with van der Waals surface area (Å²) in [7, 11) is 1.59. The number of H-pyrrole nitrogens is 1. The van der Waals surface area contributed by atoms with E-state index < -0.39 is 5.54 Å². The number of pyridine rings is 1. The second-order valence-electron chi connectivity index (χ2n) is 11.1. The Balaban J connectivity index is 1.40. The van der Waals surface area contributed by atoms with Gasteiger partial charge in [0.1, 0.15) is 11.3 Å². The number of aromatic nitrogens is 2. The Bertz CT molecular complexity index is 1460. The number of fused-ring (bicyclic) bond motifs is 1. The zero-order valence-electron chi connectivity index (χ0n) is 23.3. The summed E-state index contributed by atoms with van der Waals surface area (Å²) in [5, 5.41) is 7.40. The minimum atomic E-state index is -1.18. The molecule has 1 unspecified atom stereocenters. The summed E-state index contributed by atoms with van der Waals surface area (Å²) in [6.45, 7) is 2.30. The van der Waals surface area contributed by atoms with Gasteiger partial charge in [-0.15, -0.1) is 0 Å². The molecule has 0 spiro atoms. The van der Waals surface area contributed by atoms with E-state index in [9.17, 15) is 9.59 Å². The van der Waals surface area contributed by atoms with Gasteiger partial charge in [-0.2, -0.15) is 0 Å². The molecule has 2 amide bonds. The van der Waals surface area contributed by atoms with Gasteiger partial charge in [-0.25, -0.2) is 0 Å². The van der Waals surface area contributed by atoms with Gasteiger partial charge >= 0.3 is 0 Å². The van der Waals surface area contributed by atoms with Crippen LogP contribution in [0.2, 0.25) is 0 Å². The molecule has 0 bridgehead atoms. The smallest absolute Gasteiger partial charge is 0.245 e. The number of ether oxygens (including phenoxy) is 1. The monoisotopic (exact) mass is 538 g/mol. The van der Waals surface area contributed by atoms with E-state index in [1.165, 1.54) is 6.42 Å². The number of hydrogen-bond donors (Lipinski definition) is 3. The Hall–Kier alpha value is -4.13. The Kier molecular flexibility index (Phi) is 8.19. The maximum absolute atomic E-state index is 14.1. The van der Waals surface area contributed by atoms with Crippen LogP contribution in [0.4, 0.5) is 0 Å². The van der Waals surface area contributed by atoms with Gasteiger partial charge < -0.3 is 20.4 Å². The number of para-hydroxylation sites is 2. The number of amides is 2. The van der Waals surface area contributed by atoms with Crippen LogP contribution in [0.1, 0.15) is 55.8 Å². The van der Waals surface area contributed by atoms with Gasteiger partial charge in [0.05, 0.1) is 13.5 Å². The first kappa shape index (κ1) is 27.4. The highest BCUT2D eigenvalue weighted by atomic mass is 16.5. The molecule has 7 nitrogen and oxygen atoms in total.